The van der Waals surface area contributed by atoms with E-state index in [0.29, 0.717) is 25.4 Å². The van der Waals surface area contributed by atoms with Crippen molar-refractivity contribution in [3.05, 3.63) is 24.3 Å². The first-order valence-corrected chi connectivity index (χ1v) is 12.9. The Morgan fingerprint density at radius 2 is 1.66 bits per heavy atom. The number of carbonyl (C=O) groups is 2. The maximum Gasteiger partial charge on any atom is 0.490 e. The van der Waals surface area contributed by atoms with Gasteiger partial charge in [-0.1, -0.05) is 19.3 Å². The first-order valence-electron chi connectivity index (χ1n) is 11.5. The van der Waals surface area contributed by atoms with Gasteiger partial charge in [0.1, 0.15) is 5.75 Å². The van der Waals surface area contributed by atoms with E-state index in [4.69, 9.17) is 14.6 Å². The summed E-state index contributed by atoms with van der Waals surface area (Å²) in [5.74, 6) is -2.23. The van der Waals surface area contributed by atoms with Gasteiger partial charge in [0.05, 0.1) is 18.0 Å². The number of rotatable bonds is 7. The molecule has 2 aliphatic rings. The zero-order chi connectivity index (χ0) is 26.1. The number of carboxylic acid groups (broad SMARTS) is 1. The van der Waals surface area contributed by atoms with Crippen LogP contribution >= 0.6 is 0 Å². The van der Waals surface area contributed by atoms with Gasteiger partial charge in [-0.3, -0.25) is 4.79 Å². The third-order valence-electron chi connectivity index (χ3n) is 5.73. The van der Waals surface area contributed by atoms with E-state index in [-0.39, 0.29) is 23.4 Å². The van der Waals surface area contributed by atoms with Crippen LogP contribution in [0, 0.1) is 0 Å². The van der Waals surface area contributed by atoms with Crippen LogP contribution in [0.2, 0.25) is 0 Å². The van der Waals surface area contributed by atoms with Gasteiger partial charge in [-0.15, -0.1) is 0 Å². The van der Waals surface area contributed by atoms with E-state index in [0.717, 1.165) is 45.2 Å². The van der Waals surface area contributed by atoms with Crippen molar-refractivity contribution in [1.82, 2.24) is 14.5 Å². The Morgan fingerprint density at radius 1 is 1.11 bits per heavy atom. The Bertz CT molecular complexity index is 929. The van der Waals surface area contributed by atoms with Crippen LogP contribution < -0.4 is 10.1 Å². The highest BCUT2D eigenvalue weighted by molar-refractivity contribution is 7.89. The number of piperazine rings is 1. The van der Waals surface area contributed by atoms with Crippen molar-refractivity contribution >= 4 is 21.9 Å². The number of halogens is 3. The van der Waals surface area contributed by atoms with Crippen molar-refractivity contribution in [2.24, 2.45) is 0 Å². The summed E-state index contributed by atoms with van der Waals surface area (Å²) in [6.07, 6.45) is -0.334. The number of aliphatic carboxylic acids is 1. The van der Waals surface area contributed by atoms with Gasteiger partial charge in [0.2, 0.25) is 15.9 Å². The highest BCUT2D eigenvalue weighted by atomic mass is 32.2. The summed E-state index contributed by atoms with van der Waals surface area (Å²) in [4.78, 5) is 23.7. The predicted octanol–water partition coefficient (Wildman–Crippen LogP) is 2.47. The number of nitrogens with one attached hydrogen (secondary N) is 1. The van der Waals surface area contributed by atoms with Crippen molar-refractivity contribution in [3.63, 3.8) is 0 Å². The fourth-order valence-corrected chi connectivity index (χ4v) is 5.57. The molecule has 0 atom stereocenters. The molecule has 1 saturated carbocycles. The molecule has 0 bridgehead atoms. The zero-order valence-electron chi connectivity index (χ0n) is 19.6. The number of alkyl halides is 3. The second-order valence-electron chi connectivity index (χ2n) is 8.18. The molecule has 1 saturated heterocycles. The molecule has 1 aromatic rings. The lowest BCUT2D eigenvalue weighted by Gasteiger charge is -2.35. The summed E-state index contributed by atoms with van der Waals surface area (Å²) in [6, 6.07) is 6.38. The molecule has 1 aromatic carbocycles. The van der Waals surface area contributed by atoms with Crippen LogP contribution in [0.3, 0.4) is 0 Å². The van der Waals surface area contributed by atoms with Gasteiger partial charge in [-0.05, 0) is 44.0 Å². The smallest absolute Gasteiger partial charge is 0.490 e. The molecule has 198 valence electrons. The monoisotopic (exact) mass is 523 g/mol. The summed E-state index contributed by atoms with van der Waals surface area (Å²) in [5, 5.41) is 10.3. The molecule has 3 rings (SSSR count). The Labute approximate surface area is 203 Å². The van der Waals surface area contributed by atoms with Crippen LogP contribution in [0.25, 0.3) is 0 Å². The van der Waals surface area contributed by atoms with Gasteiger partial charge < -0.3 is 20.1 Å². The summed E-state index contributed by atoms with van der Waals surface area (Å²) < 4.78 is 65.4. The van der Waals surface area contributed by atoms with Crippen LogP contribution in [0.1, 0.15) is 39.0 Å². The number of amides is 1. The van der Waals surface area contributed by atoms with Crippen LogP contribution in [0.5, 0.6) is 5.75 Å². The van der Waals surface area contributed by atoms with E-state index in [1.807, 2.05) is 6.92 Å². The summed E-state index contributed by atoms with van der Waals surface area (Å²) in [7, 11) is -3.75. The minimum Gasteiger partial charge on any atom is -0.494 e. The quantitative estimate of drug-likeness (QED) is 0.564. The number of benzene rings is 1. The van der Waals surface area contributed by atoms with E-state index in [2.05, 4.69) is 5.32 Å². The van der Waals surface area contributed by atoms with E-state index >= 15 is 0 Å². The lowest BCUT2D eigenvalue weighted by molar-refractivity contribution is -0.192. The van der Waals surface area contributed by atoms with E-state index < -0.39 is 22.2 Å². The topological polar surface area (TPSA) is 116 Å². The molecule has 0 unspecified atom stereocenters. The van der Waals surface area contributed by atoms with Crippen molar-refractivity contribution < 1.29 is 41.0 Å². The Hall–Kier alpha value is -2.38. The highest BCUT2D eigenvalue weighted by Gasteiger charge is 2.38. The average Bonchev–Trinajstić information content (AvgIpc) is 2.84. The van der Waals surface area contributed by atoms with Crippen LogP contribution in [-0.2, 0) is 19.6 Å². The molecule has 0 spiro atoms. The van der Waals surface area contributed by atoms with Crippen LogP contribution in [0.15, 0.2) is 29.2 Å². The third kappa shape index (κ3) is 8.65. The lowest BCUT2D eigenvalue weighted by Crippen LogP contribution is -2.52. The van der Waals surface area contributed by atoms with Gasteiger partial charge in [0, 0.05) is 32.2 Å². The number of carboxylic acids is 1. The SMILES string of the molecule is CCOc1ccc(S(=O)(=O)N(CC(=O)N2CCNCC2)C2CCCCC2)cc1.O=C(O)C(F)(F)F. The minimum atomic E-state index is -5.08. The van der Waals surface area contributed by atoms with Crippen molar-refractivity contribution in [2.45, 2.75) is 56.1 Å². The summed E-state index contributed by atoms with van der Waals surface area (Å²) in [6.45, 7) is 5.08. The average molecular weight is 524 g/mol. The van der Waals surface area contributed by atoms with Gasteiger partial charge in [-0.2, -0.15) is 17.5 Å². The number of carbonyl (C=O) groups excluding carboxylic acids is 1. The first kappa shape index (κ1) is 28.9. The van der Waals surface area contributed by atoms with E-state index in [1.54, 1.807) is 29.2 Å². The third-order valence-corrected chi connectivity index (χ3v) is 7.64. The first-order chi connectivity index (χ1) is 16.5. The highest BCUT2D eigenvalue weighted by Crippen LogP contribution is 2.28. The minimum absolute atomic E-state index is 0.0831. The summed E-state index contributed by atoms with van der Waals surface area (Å²) >= 11 is 0. The zero-order valence-corrected chi connectivity index (χ0v) is 20.4. The van der Waals surface area contributed by atoms with Crippen molar-refractivity contribution in [1.29, 1.82) is 0 Å². The molecule has 0 radical (unpaired) electrons. The lowest BCUT2D eigenvalue weighted by atomic mass is 9.95. The number of ether oxygens (including phenoxy) is 1. The molecule has 1 heterocycles. The predicted molar refractivity (Wildman–Crippen MR) is 122 cm³/mol. The maximum atomic E-state index is 13.4. The van der Waals surface area contributed by atoms with E-state index in [9.17, 15) is 26.4 Å². The number of nitrogens with zero attached hydrogens (tertiary/aromatic N) is 2. The van der Waals surface area contributed by atoms with Crippen LogP contribution in [0.4, 0.5) is 13.2 Å². The number of sulfonamides is 1. The second kappa shape index (κ2) is 13.1. The molecule has 13 heteroatoms. The molecule has 2 N–H and O–H groups in total. The molecule has 2 fully saturated rings. The molecule has 1 aliphatic heterocycles. The molecule has 1 amide bonds. The number of hydrogen-bond acceptors (Lipinski definition) is 6. The van der Waals surface area contributed by atoms with Gasteiger partial charge in [0.25, 0.3) is 0 Å². The largest absolute Gasteiger partial charge is 0.494 e. The van der Waals surface area contributed by atoms with Crippen molar-refractivity contribution in [3.8, 4) is 5.75 Å². The molecule has 35 heavy (non-hydrogen) atoms. The second-order valence-corrected chi connectivity index (χ2v) is 10.1. The number of hydrogen-bond donors (Lipinski definition) is 2. The standard InChI is InChI=1S/C20H31N3O4S.C2HF3O2/c1-2-27-18-8-10-19(11-9-18)28(25,26)23(17-6-4-3-5-7-17)16-20(24)22-14-12-21-13-15-22;3-2(4,5)1(6)7/h8-11,17,21H,2-7,12-16H2,1H3;(H,6,7). The molecular formula is C22H32F3N3O6S. The van der Waals surface area contributed by atoms with E-state index in [1.165, 1.54) is 4.31 Å². The fourth-order valence-electron chi connectivity index (χ4n) is 3.94. The van der Waals surface area contributed by atoms with Crippen molar-refractivity contribution in [2.75, 3.05) is 39.3 Å². The van der Waals surface area contributed by atoms with Gasteiger partial charge in [-0.25, -0.2) is 13.2 Å². The summed E-state index contributed by atoms with van der Waals surface area (Å²) in [5.41, 5.74) is 0. The Morgan fingerprint density at radius 3 is 2.14 bits per heavy atom. The van der Waals surface area contributed by atoms with Gasteiger partial charge in [0.15, 0.2) is 0 Å². The Kier molecular flexibility index (Phi) is 10.8. The van der Waals surface area contributed by atoms with Crippen LogP contribution in [-0.4, -0.2) is 86.2 Å². The molecule has 1 aliphatic carbocycles. The Balaban J connectivity index is 0.000000540. The molecular weight excluding hydrogens is 491 g/mol. The fraction of sp³-hybridized carbons (Fsp3) is 0.636. The maximum absolute atomic E-state index is 13.4. The molecule has 9 nitrogen and oxygen atoms in total. The normalized spacial score (nSPS) is 17.5. The van der Waals surface area contributed by atoms with Gasteiger partial charge >= 0.3 is 12.1 Å². The molecule has 0 aromatic heterocycles.